The van der Waals surface area contributed by atoms with Crippen LogP contribution in [0.25, 0.3) is 0 Å². The number of rotatable bonds is 6. The Bertz CT molecular complexity index is 202. The van der Waals surface area contributed by atoms with Crippen molar-refractivity contribution in [3.05, 3.63) is 12.7 Å². The molecular weight excluding hydrogens is 182 g/mol. The van der Waals surface area contributed by atoms with E-state index in [1.165, 1.54) is 0 Å². The monoisotopic (exact) mass is 199 g/mol. The molecular formula is C10H17NO3. The lowest BCUT2D eigenvalue weighted by atomic mass is 10.2. The van der Waals surface area contributed by atoms with E-state index in [9.17, 15) is 9.59 Å². The van der Waals surface area contributed by atoms with Gasteiger partial charge in [-0.25, -0.2) is 9.59 Å². The van der Waals surface area contributed by atoms with Crippen LogP contribution in [0.3, 0.4) is 0 Å². The number of nitrogens with one attached hydrogen (secondary N) is 1. The average Bonchev–Trinajstić information content (AvgIpc) is 2.17. The number of esters is 1. The summed E-state index contributed by atoms with van der Waals surface area (Å²) in [5.74, 6) is -0.726. The number of alkyl carbamates (subject to hydrolysis) is 1. The second kappa shape index (κ2) is 8.29. The van der Waals surface area contributed by atoms with E-state index in [-0.39, 0.29) is 0 Å². The van der Waals surface area contributed by atoms with Gasteiger partial charge in [-0.2, -0.15) is 0 Å². The van der Waals surface area contributed by atoms with Crippen molar-refractivity contribution in [1.29, 1.82) is 0 Å². The van der Waals surface area contributed by atoms with Crippen LogP contribution in [0.2, 0.25) is 0 Å². The van der Waals surface area contributed by atoms with Crippen molar-refractivity contribution in [3.8, 4) is 0 Å². The Morgan fingerprint density at radius 1 is 1.36 bits per heavy atom. The van der Waals surface area contributed by atoms with Crippen LogP contribution in [0.4, 0.5) is 4.79 Å². The third-order valence-corrected chi connectivity index (χ3v) is 1.66. The van der Waals surface area contributed by atoms with E-state index in [1.807, 2.05) is 0 Å². The highest BCUT2D eigenvalue weighted by atomic mass is 16.6. The number of amides is 1. The van der Waals surface area contributed by atoms with Gasteiger partial charge in [0.05, 0.1) is 0 Å². The standard InChI is InChI=1S/C10H17NO3/c1-3-5-6-7-8-11-10(13)14-9(12)4-2/h4H,2-3,5-8H2,1H3,(H,11,13). The summed E-state index contributed by atoms with van der Waals surface area (Å²) in [5, 5.41) is 2.48. The number of carbonyl (C=O) groups is 2. The SMILES string of the molecule is C=CC(=O)OC(=O)NCCCCCC. The van der Waals surface area contributed by atoms with E-state index < -0.39 is 12.1 Å². The van der Waals surface area contributed by atoms with Crippen LogP contribution >= 0.6 is 0 Å². The van der Waals surface area contributed by atoms with Gasteiger partial charge in [0, 0.05) is 12.6 Å². The minimum absolute atomic E-state index is 0.545. The van der Waals surface area contributed by atoms with Gasteiger partial charge in [-0.1, -0.05) is 32.8 Å². The lowest BCUT2D eigenvalue weighted by Crippen LogP contribution is -2.27. The molecule has 0 aliphatic rings. The van der Waals surface area contributed by atoms with Crippen LogP contribution in [0.1, 0.15) is 32.6 Å². The molecule has 0 rings (SSSR count). The highest BCUT2D eigenvalue weighted by Gasteiger charge is 2.04. The van der Waals surface area contributed by atoms with Crippen molar-refractivity contribution in [3.63, 3.8) is 0 Å². The molecule has 0 fully saturated rings. The molecule has 80 valence electrons. The first-order valence-electron chi connectivity index (χ1n) is 4.82. The van der Waals surface area contributed by atoms with Crippen molar-refractivity contribution >= 4 is 12.1 Å². The van der Waals surface area contributed by atoms with Crippen molar-refractivity contribution in [2.24, 2.45) is 0 Å². The minimum atomic E-state index is -0.726. The predicted octanol–water partition coefficient (Wildman–Crippen LogP) is 2.01. The topological polar surface area (TPSA) is 55.4 Å². The zero-order valence-electron chi connectivity index (χ0n) is 8.54. The summed E-state index contributed by atoms with van der Waals surface area (Å²) in [6.45, 7) is 5.84. The second-order valence-corrected chi connectivity index (χ2v) is 2.90. The van der Waals surface area contributed by atoms with Gasteiger partial charge in [-0.15, -0.1) is 0 Å². The molecule has 0 aliphatic carbocycles. The van der Waals surface area contributed by atoms with Gasteiger partial charge < -0.3 is 10.1 Å². The first kappa shape index (κ1) is 12.7. The largest absolute Gasteiger partial charge is 0.415 e. The Hall–Kier alpha value is -1.32. The number of carbonyl (C=O) groups excluding carboxylic acids is 2. The van der Waals surface area contributed by atoms with Gasteiger partial charge >= 0.3 is 12.1 Å². The third-order valence-electron chi connectivity index (χ3n) is 1.66. The molecule has 0 aromatic carbocycles. The van der Waals surface area contributed by atoms with Crippen molar-refractivity contribution in [2.45, 2.75) is 32.6 Å². The van der Waals surface area contributed by atoms with Crippen LogP contribution in [-0.2, 0) is 9.53 Å². The summed E-state index contributed by atoms with van der Waals surface area (Å²) in [4.78, 5) is 21.4. The molecule has 0 saturated heterocycles. The summed E-state index contributed by atoms with van der Waals surface area (Å²) >= 11 is 0. The zero-order valence-corrected chi connectivity index (χ0v) is 8.54. The maximum Gasteiger partial charge on any atom is 0.415 e. The maximum atomic E-state index is 10.8. The van der Waals surface area contributed by atoms with Gasteiger partial charge in [-0.05, 0) is 6.42 Å². The van der Waals surface area contributed by atoms with E-state index >= 15 is 0 Å². The van der Waals surface area contributed by atoms with Crippen molar-refractivity contribution in [2.75, 3.05) is 6.54 Å². The molecule has 0 saturated carbocycles. The molecule has 1 amide bonds. The molecule has 0 heterocycles. The molecule has 0 aromatic heterocycles. The van der Waals surface area contributed by atoms with Gasteiger partial charge in [0.2, 0.25) is 0 Å². The van der Waals surface area contributed by atoms with Gasteiger partial charge in [0.15, 0.2) is 0 Å². The van der Waals surface area contributed by atoms with Crippen LogP contribution in [0, 0.1) is 0 Å². The summed E-state index contributed by atoms with van der Waals surface area (Å²) in [6.07, 6.45) is 4.54. The number of ether oxygens (including phenoxy) is 1. The molecule has 0 aromatic rings. The fraction of sp³-hybridized carbons (Fsp3) is 0.600. The molecule has 4 heteroatoms. The van der Waals surface area contributed by atoms with E-state index in [1.54, 1.807) is 0 Å². The van der Waals surface area contributed by atoms with Crippen LogP contribution in [-0.4, -0.2) is 18.6 Å². The molecule has 14 heavy (non-hydrogen) atoms. The lowest BCUT2D eigenvalue weighted by molar-refractivity contribution is -0.131. The van der Waals surface area contributed by atoms with Crippen LogP contribution < -0.4 is 5.32 Å². The van der Waals surface area contributed by atoms with Gasteiger partial charge in [0.1, 0.15) is 0 Å². The van der Waals surface area contributed by atoms with Crippen molar-refractivity contribution < 1.29 is 14.3 Å². The van der Waals surface area contributed by atoms with E-state index in [0.717, 1.165) is 31.8 Å². The fourth-order valence-electron chi connectivity index (χ4n) is 0.911. The molecule has 0 radical (unpaired) electrons. The molecule has 0 unspecified atom stereocenters. The Kier molecular flexibility index (Phi) is 7.50. The molecule has 0 aliphatic heterocycles. The fourth-order valence-corrected chi connectivity index (χ4v) is 0.911. The summed E-state index contributed by atoms with van der Waals surface area (Å²) in [5.41, 5.74) is 0. The highest BCUT2D eigenvalue weighted by molar-refractivity contribution is 5.90. The highest BCUT2D eigenvalue weighted by Crippen LogP contribution is 1.97. The first-order chi connectivity index (χ1) is 6.70. The Labute approximate surface area is 84.3 Å². The maximum absolute atomic E-state index is 10.8. The van der Waals surface area contributed by atoms with Crippen molar-refractivity contribution in [1.82, 2.24) is 5.32 Å². The third kappa shape index (κ3) is 7.34. The van der Waals surface area contributed by atoms with E-state index in [0.29, 0.717) is 6.54 Å². The minimum Gasteiger partial charge on any atom is -0.373 e. The summed E-state index contributed by atoms with van der Waals surface area (Å²) in [7, 11) is 0. The van der Waals surface area contributed by atoms with Gasteiger partial charge in [-0.3, -0.25) is 0 Å². The quantitative estimate of drug-likeness (QED) is 0.308. The number of unbranched alkanes of at least 4 members (excludes halogenated alkanes) is 3. The lowest BCUT2D eigenvalue weighted by Gasteiger charge is -2.03. The average molecular weight is 199 g/mol. The molecule has 0 atom stereocenters. The number of hydrogen-bond donors (Lipinski definition) is 1. The van der Waals surface area contributed by atoms with E-state index in [2.05, 4.69) is 23.6 Å². The molecule has 0 spiro atoms. The Morgan fingerprint density at radius 3 is 2.64 bits per heavy atom. The van der Waals surface area contributed by atoms with Crippen LogP contribution in [0.5, 0.6) is 0 Å². The smallest absolute Gasteiger partial charge is 0.373 e. The zero-order chi connectivity index (χ0) is 10.8. The Morgan fingerprint density at radius 2 is 2.07 bits per heavy atom. The first-order valence-corrected chi connectivity index (χ1v) is 4.82. The molecule has 4 nitrogen and oxygen atoms in total. The second-order valence-electron chi connectivity index (χ2n) is 2.90. The molecule has 1 N–H and O–H groups in total. The van der Waals surface area contributed by atoms with E-state index in [4.69, 9.17) is 0 Å². The number of hydrogen-bond acceptors (Lipinski definition) is 3. The van der Waals surface area contributed by atoms with Gasteiger partial charge in [0.25, 0.3) is 0 Å². The summed E-state index contributed by atoms with van der Waals surface area (Å²) in [6, 6.07) is 0. The molecule has 0 bridgehead atoms. The Balaban J connectivity index is 3.35. The predicted molar refractivity (Wildman–Crippen MR) is 53.8 cm³/mol. The summed E-state index contributed by atoms with van der Waals surface area (Å²) < 4.78 is 4.30. The normalized spacial score (nSPS) is 9.21. The van der Waals surface area contributed by atoms with Crippen LogP contribution in [0.15, 0.2) is 12.7 Å².